The minimum atomic E-state index is -3.89. The Morgan fingerprint density at radius 2 is 2.00 bits per heavy atom. The molecule has 1 atom stereocenters. The Morgan fingerprint density at radius 3 is 2.74 bits per heavy atom. The minimum Gasteiger partial charge on any atom is -0.486 e. The Kier molecular flexibility index (Phi) is 7.72. The summed E-state index contributed by atoms with van der Waals surface area (Å²) in [5.74, 6) is 0.0527. The average molecular weight is 567 g/mol. The number of allylic oxidation sites excluding steroid dienone is 1. The van der Waals surface area contributed by atoms with Gasteiger partial charge in [-0.3, -0.25) is 8.99 Å². The molecule has 0 unspecified atom stereocenters. The van der Waals surface area contributed by atoms with Crippen molar-refractivity contribution < 1.29 is 17.5 Å². The smallest absolute Gasteiger partial charge is 0.264 e. The molecule has 0 aliphatic carbocycles. The van der Waals surface area contributed by atoms with Crippen LogP contribution >= 0.6 is 11.6 Å². The van der Waals surface area contributed by atoms with Gasteiger partial charge in [0.05, 0.1) is 28.3 Å². The molecule has 3 aromatic carbocycles. The van der Waals surface area contributed by atoms with Gasteiger partial charge in [0, 0.05) is 18.3 Å². The number of sulfonamides is 1. The Hall–Kier alpha value is -3.69. The lowest BCUT2D eigenvalue weighted by Crippen LogP contribution is -2.43. The molecule has 1 aromatic heterocycles. The summed E-state index contributed by atoms with van der Waals surface area (Å²) in [4.78, 5) is 0.215. The van der Waals surface area contributed by atoms with Crippen LogP contribution in [0.3, 0.4) is 0 Å². The van der Waals surface area contributed by atoms with E-state index in [0.29, 0.717) is 46.1 Å². The number of nitrogens with zero attached hydrogens (tertiary/aromatic N) is 4. The third-order valence-corrected chi connectivity index (χ3v) is 8.71. The van der Waals surface area contributed by atoms with Gasteiger partial charge in [0.25, 0.3) is 10.0 Å². The van der Waals surface area contributed by atoms with E-state index >= 15 is 0 Å². The highest BCUT2D eigenvalue weighted by atomic mass is 35.5. The second-order valence-electron chi connectivity index (χ2n) is 9.55. The molecule has 2 heterocycles. The van der Waals surface area contributed by atoms with E-state index in [1.807, 2.05) is 19.1 Å². The second kappa shape index (κ2) is 11.2. The van der Waals surface area contributed by atoms with Gasteiger partial charge in [-0.2, -0.15) is 0 Å². The van der Waals surface area contributed by atoms with Crippen LogP contribution in [0.2, 0.25) is 5.02 Å². The summed E-state index contributed by atoms with van der Waals surface area (Å²) >= 11 is 6.26. The van der Waals surface area contributed by atoms with Crippen LogP contribution in [-0.2, 0) is 16.6 Å². The van der Waals surface area contributed by atoms with Crippen LogP contribution in [0.4, 0.5) is 10.1 Å². The summed E-state index contributed by atoms with van der Waals surface area (Å²) in [7, 11) is -3.89. The van der Waals surface area contributed by atoms with Crippen molar-refractivity contribution in [3.8, 4) is 5.75 Å². The van der Waals surface area contributed by atoms with Crippen molar-refractivity contribution in [2.45, 2.75) is 44.2 Å². The fraction of sp³-hybridized carbons (Fsp3) is 0.241. The number of rotatable bonds is 8. The Bertz CT molecular complexity index is 1600. The highest BCUT2D eigenvalue weighted by Crippen LogP contribution is 2.39. The van der Waals surface area contributed by atoms with Gasteiger partial charge in [0.15, 0.2) is 0 Å². The lowest BCUT2D eigenvalue weighted by molar-refractivity contribution is 0.184. The number of anilines is 1. The first-order valence-corrected chi connectivity index (χ1v) is 14.4. The van der Waals surface area contributed by atoms with E-state index in [1.165, 1.54) is 10.4 Å². The molecule has 0 radical (unpaired) electrons. The van der Waals surface area contributed by atoms with Gasteiger partial charge in [-0.15, -0.1) is 5.10 Å². The lowest BCUT2D eigenvalue weighted by Gasteiger charge is -2.36. The zero-order valence-corrected chi connectivity index (χ0v) is 23.2. The molecule has 0 amide bonds. The van der Waals surface area contributed by atoms with E-state index in [-0.39, 0.29) is 17.5 Å². The maximum absolute atomic E-state index is 14.5. The molecule has 1 aliphatic rings. The largest absolute Gasteiger partial charge is 0.486 e. The highest BCUT2D eigenvalue weighted by molar-refractivity contribution is 7.92. The minimum absolute atomic E-state index is 0.159. The average Bonchev–Trinajstić information content (AvgIpc) is 3.42. The van der Waals surface area contributed by atoms with Crippen LogP contribution in [0, 0.1) is 12.7 Å². The molecule has 0 fully saturated rings. The van der Waals surface area contributed by atoms with Crippen LogP contribution in [0.5, 0.6) is 5.75 Å². The number of fused-ring (bicyclic) bond motifs is 1. The third kappa shape index (κ3) is 5.84. The van der Waals surface area contributed by atoms with Crippen LogP contribution in [0.15, 0.2) is 78.0 Å². The van der Waals surface area contributed by atoms with Crippen molar-refractivity contribution in [3.63, 3.8) is 0 Å². The first-order chi connectivity index (χ1) is 18.7. The Balaban J connectivity index is 1.50. The number of hydrogen-bond acceptors (Lipinski definition) is 5. The molecule has 202 valence electrons. The second-order valence-corrected chi connectivity index (χ2v) is 11.8. The number of aromatic nitrogens is 3. The van der Waals surface area contributed by atoms with Gasteiger partial charge in [0.2, 0.25) is 0 Å². The highest BCUT2D eigenvalue weighted by Gasteiger charge is 2.34. The van der Waals surface area contributed by atoms with Gasteiger partial charge >= 0.3 is 0 Å². The SMILES string of the molecule is C/C(=C\c1ccc2c(c1)N(S(=O)(=O)c1cccc(C)c1)C[C@H](CCCn1ccnn1)O2)c1c(F)cccc1Cl. The number of hydrogen-bond donors (Lipinski definition) is 0. The van der Waals surface area contributed by atoms with Crippen LogP contribution < -0.4 is 9.04 Å². The molecule has 0 N–H and O–H groups in total. The Labute approximate surface area is 232 Å². The normalized spacial score (nSPS) is 15.6. The van der Waals surface area contributed by atoms with E-state index in [4.69, 9.17) is 16.3 Å². The first-order valence-electron chi connectivity index (χ1n) is 12.6. The summed E-state index contributed by atoms with van der Waals surface area (Å²) < 4.78 is 51.8. The van der Waals surface area contributed by atoms with Gasteiger partial charge < -0.3 is 4.74 Å². The van der Waals surface area contributed by atoms with E-state index in [0.717, 1.165) is 12.0 Å². The van der Waals surface area contributed by atoms with Crippen molar-refractivity contribution in [1.82, 2.24) is 15.0 Å². The van der Waals surface area contributed by atoms with Gasteiger partial charge in [-0.05, 0) is 79.8 Å². The van der Waals surface area contributed by atoms with Crippen LogP contribution in [-0.4, -0.2) is 36.1 Å². The number of ether oxygens (including phenoxy) is 1. The predicted molar refractivity (Wildman–Crippen MR) is 151 cm³/mol. The molecule has 0 spiro atoms. The molecule has 0 saturated heterocycles. The number of aryl methyl sites for hydroxylation is 2. The number of halogens is 2. The monoisotopic (exact) mass is 566 g/mol. The van der Waals surface area contributed by atoms with Crippen molar-refractivity contribution in [2.75, 3.05) is 10.8 Å². The fourth-order valence-electron chi connectivity index (χ4n) is 4.73. The van der Waals surface area contributed by atoms with Crippen molar-refractivity contribution >= 4 is 39.0 Å². The van der Waals surface area contributed by atoms with Gasteiger partial charge in [-0.1, -0.05) is 47.2 Å². The molecular formula is C29H28ClFN4O3S. The standard InChI is InChI=1S/C29H28ClFN4O3S/c1-20-6-3-8-24(16-20)39(36,37)35-19-23(7-5-14-34-15-13-32-33-34)38-28-12-11-22(18-27(28)35)17-21(2)29-25(30)9-4-10-26(29)31/h3-4,6,8-13,15-18,23H,5,7,14,19H2,1-2H3/b21-17+/t23-/m0/s1. The summed E-state index contributed by atoms with van der Waals surface area (Å²) in [6, 6.07) is 16.8. The zero-order chi connectivity index (χ0) is 27.6. The van der Waals surface area contributed by atoms with Gasteiger partial charge in [0.1, 0.15) is 17.7 Å². The van der Waals surface area contributed by atoms with Crippen LogP contribution in [0.1, 0.15) is 36.5 Å². The molecule has 0 bridgehead atoms. The fourth-order valence-corrected chi connectivity index (χ4v) is 6.65. The quantitative estimate of drug-likeness (QED) is 0.231. The van der Waals surface area contributed by atoms with Crippen molar-refractivity contribution in [2.24, 2.45) is 0 Å². The van der Waals surface area contributed by atoms with E-state index in [9.17, 15) is 12.8 Å². The van der Waals surface area contributed by atoms with E-state index < -0.39 is 15.8 Å². The molecule has 1 aliphatic heterocycles. The Morgan fingerprint density at radius 1 is 1.18 bits per heavy atom. The maximum Gasteiger partial charge on any atom is 0.264 e. The molecule has 0 saturated carbocycles. The number of benzene rings is 3. The molecular weight excluding hydrogens is 539 g/mol. The van der Waals surface area contributed by atoms with Crippen LogP contribution in [0.25, 0.3) is 11.6 Å². The molecule has 10 heteroatoms. The van der Waals surface area contributed by atoms with Gasteiger partial charge in [-0.25, -0.2) is 12.8 Å². The summed E-state index contributed by atoms with van der Waals surface area (Å²) in [5, 5.41) is 8.11. The molecule has 39 heavy (non-hydrogen) atoms. The summed E-state index contributed by atoms with van der Waals surface area (Å²) in [6.45, 7) is 4.44. The zero-order valence-electron chi connectivity index (χ0n) is 21.6. The molecule has 4 aromatic rings. The van der Waals surface area contributed by atoms with Crippen molar-refractivity contribution in [1.29, 1.82) is 0 Å². The molecule has 5 rings (SSSR count). The summed E-state index contributed by atoms with van der Waals surface area (Å²) in [6.07, 6.45) is 6.22. The van der Waals surface area contributed by atoms with Crippen molar-refractivity contribution in [3.05, 3.63) is 101 Å². The topological polar surface area (TPSA) is 77.3 Å². The third-order valence-electron chi connectivity index (χ3n) is 6.62. The molecule has 7 nitrogen and oxygen atoms in total. The van der Waals surface area contributed by atoms with E-state index in [2.05, 4.69) is 10.3 Å². The first kappa shape index (κ1) is 26.9. The predicted octanol–water partition coefficient (Wildman–Crippen LogP) is 6.38. The maximum atomic E-state index is 14.5. The van der Waals surface area contributed by atoms with E-state index in [1.54, 1.807) is 72.5 Å². The summed E-state index contributed by atoms with van der Waals surface area (Å²) in [5.41, 5.74) is 2.91. The lowest BCUT2D eigenvalue weighted by atomic mass is 10.0.